The third-order valence-electron chi connectivity index (χ3n) is 3.19. The molecule has 1 saturated carbocycles. The minimum absolute atomic E-state index is 0.414. The molecular weight excluding hydrogens is 200 g/mol. The van der Waals surface area contributed by atoms with Gasteiger partial charge in [-0.15, -0.1) is 0 Å². The molecule has 1 aromatic rings. The normalized spacial score (nSPS) is 17.4. The molecule has 0 saturated heterocycles. The van der Waals surface area contributed by atoms with Crippen molar-refractivity contribution in [1.82, 2.24) is 0 Å². The van der Waals surface area contributed by atoms with Crippen molar-refractivity contribution >= 4 is 0 Å². The Morgan fingerprint density at radius 1 is 1.38 bits per heavy atom. The zero-order valence-electron chi connectivity index (χ0n) is 9.86. The van der Waals surface area contributed by atoms with Gasteiger partial charge >= 0.3 is 0 Å². The highest BCUT2D eigenvalue weighted by atomic mass is 16.5. The van der Waals surface area contributed by atoms with Crippen molar-refractivity contribution in [2.24, 2.45) is 5.92 Å². The van der Waals surface area contributed by atoms with E-state index in [1.54, 1.807) is 0 Å². The summed E-state index contributed by atoms with van der Waals surface area (Å²) in [6.07, 6.45) is 3.40. The van der Waals surface area contributed by atoms with E-state index in [1.807, 2.05) is 31.2 Å². The van der Waals surface area contributed by atoms with E-state index in [-0.39, 0.29) is 0 Å². The molecule has 2 rings (SSSR count). The molecule has 16 heavy (non-hydrogen) atoms. The Balaban J connectivity index is 1.73. The fourth-order valence-electron chi connectivity index (χ4n) is 1.90. The van der Waals surface area contributed by atoms with Crippen LogP contribution >= 0.6 is 0 Å². The van der Waals surface area contributed by atoms with Crippen LogP contribution in [0, 0.1) is 12.8 Å². The molecule has 1 aliphatic carbocycles. The van der Waals surface area contributed by atoms with Gasteiger partial charge in [0.25, 0.3) is 0 Å². The Bertz CT molecular complexity index is 331. The minimum atomic E-state index is -0.486. The summed E-state index contributed by atoms with van der Waals surface area (Å²) >= 11 is 0. The van der Waals surface area contributed by atoms with Gasteiger partial charge < -0.3 is 9.84 Å². The van der Waals surface area contributed by atoms with Crippen LogP contribution in [0.15, 0.2) is 24.3 Å². The minimum Gasteiger partial charge on any atom is -0.386 e. The lowest BCUT2D eigenvalue weighted by molar-refractivity contribution is 0.0333. The van der Waals surface area contributed by atoms with E-state index in [9.17, 15) is 5.11 Å². The molecule has 0 bridgehead atoms. The van der Waals surface area contributed by atoms with Crippen molar-refractivity contribution in [1.29, 1.82) is 0 Å². The van der Waals surface area contributed by atoms with Crippen LogP contribution in [0.4, 0.5) is 0 Å². The smallest absolute Gasteiger partial charge is 0.103 e. The lowest BCUT2D eigenvalue weighted by atomic mass is 10.0. The summed E-state index contributed by atoms with van der Waals surface area (Å²) in [4.78, 5) is 0. The van der Waals surface area contributed by atoms with Gasteiger partial charge in [-0.3, -0.25) is 0 Å². The molecule has 0 aromatic heterocycles. The van der Waals surface area contributed by atoms with E-state index in [0.29, 0.717) is 6.61 Å². The first-order valence-electron chi connectivity index (χ1n) is 6.08. The Kier molecular flexibility index (Phi) is 3.97. The van der Waals surface area contributed by atoms with Gasteiger partial charge in [0.05, 0.1) is 6.61 Å². The molecule has 0 spiro atoms. The quantitative estimate of drug-likeness (QED) is 0.747. The van der Waals surface area contributed by atoms with Crippen LogP contribution in [0.5, 0.6) is 0 Å². The van der Waals surface area contributed by atoms with Gasteiger partial charge in [-0.2, -0.15) is 0 Å². The van der Waals surface area contributed by atoms with E-state index in [0.717, 1.165) is 30.1 Å². The van der Waals surface area contributed by atoms with Gasteiger partial charge in [0.15, 0.2) is 0 Å². The zero-order valence-corrected chi connectivity index (χ0v) is 9.86. The van der Waals surface area contributed by atoms with Crippen LogP contribution in [0.2, 0.25) is 0 Å². The fourth-order valence-corrected chi connectivity index (χ4v) is 1.90. The third-order valence-corrected chi connectivity index (χ3v) is 3.19. The Morgan fingerprint density at radius 2 is 2.12 bits per heavy atom. The second-order valence-corrected chi connectivity index (χ2v) is 4.68. The number of ether oxygens (including phenoxy) is 1. The molecule has 0 aliphatic heterocycles. The highest BCUT2D eigenvalue weighted by Crippen LogP contribution is 2.32. The highest BCUT2D eigenvalue weighted by Gasteiger charge is 2.20. The fraction of sp³-hybridized carbons (Fsp3) is 0.571. The van der Waals surface area contributed by atoms with Crippen molar-refractivity contribution in [3.8, 4) is 0 Å². The summed E-state index contributed by atoms with van der Waals surface area (Å²) in [5.41, 5.74) is 2.11. The molecule has 0 radical (unpaired) electrons. The largest absolute Gasteiger partial charge is 0.386 e. The first-order valence-corrected chi connectivity index (χ1v) is 6.08. The van der Waals surface area contributed by atoms with Crippen molar-refractivity contribution in [3.05, 3.63) is 35.4 Å². The Morgan fingerprint density at radius 3 is 2.81 bits per heavy atom. The van der Waals surface area contributed by atoms with Crippen LogP contribution in [-0.4, -0.2) is 18.3 Å². The molecule has 2 nitrogen and oxygen atoms in total. The van der Waals surface area contributed by atoms with E-state index in [4.69, 9.17) is 4.74 Å². The lowest BCUT2D eigenvalue weighted by Gasteiger charge is -2.13. The summed E-state index contributed by atoms with van der Waals surface area (Å²) in [7, 11) is 0. The van der Waals surface area contributed by atoms with Gasteiger partial charge in [-0.05, 0) is 30.4 Å². The SMILES string of the molecule is Cc1ccccc1C(O)COCCC1CC1. The summed E-state index contributed by atoms with van der Waals surface area (Å²) in [5, 5.41) is 9.96. The second kappa shape index (κ2) is 5.46. The highest BCUT2D eigenvalue weighted by molar-refractivity contribution is 5.27. The number of hydrogen-bond acceptors (Lipinski definition) is 2. The second-order valence-electron chi connectivity index (χ2n) is 4.68. The predicted molar refractivity (Wildman–Crippen MR) is 64.3 cm³/mol. The maximum absolute atomic E-state index is 9.96. The summed E-state index contributed by atoms with van der Waals surface area (Å²) < 4.78 is 5.51. The van der Waals surface area contributed by atoms with Crippen molar-refractivity contribution in [2.45, 2.75) is 32.3 Å². The average Bonchev–Trinajstić information content (AvgIpc) is 3.08. The summed E-state index contributed by atoms with van der Waals surface area (Å²) in [6, 6.07) is 7.92. The van der Waals surface area contributed by atoms with E-state index in [2.05, 4.69) is 0 Å². The average molecular weight is 220 g/mol. The molecule has 1 fully saturated rings. The predicted octanol–water partition coefficient (Wildman–Crippen LogP) is 2.85. The Labute approximate surface area is 97.3 Å². The maximum atomic E-state index is 9.96. The van der Waals surface area contributed by atoms with Crippen LogP contribution < -0.4 is 0 Å². The molecule has 88 valence electrons. The molecule has 1 atom stereocenters. The first kappa shape index (κ1) is 11.6. The molecule has 0 amide bonds. The molecule has 1 aromatic carbocycles. The van der Waals surface area contributed by atoms with Gasteiger partial charge in [-0.1, -0.05) is 37.1 Å². The number of rotatable bonds is 6. The summed E-state index contributed by atoms with van der Waals surface area (Å²) in [6.45, 7) is 3.22. The Hall–Kier alpha value is -0.860. The molecule has 1 unspecified atom stereocenters. The molecule has 0 heterocycles. The van der Waals surface area contributed by atoms with Gasteiger partial charge in [0, 0.05) is 6.61 Å². The van der Waals surface area contributed by atoms with Crippen LogP contribution in [0.3, 0.4) is 0 Å². The third kappa shape index (κ3) is 3.32. The molecule has 1 aliphatic rings. The van der Waals surface area contributed by atoms with Crippen LogP contribution in [0.25, 0.3) is 0 Å². The van der Waals surface area contributed by atoms with Crippen LogP contribution in [-0.2, 0) is 4.74 Å². The van der Waals surface area contributed by atoms with Crippen LogP contribution in [0.1, 0.15) is 36.5 Å². The van der Waals surface area contributed by atoms with Crippen molar-refractivity contribution < 1.29 is 9.84 Å². The van der Waals surface area contributed by atoms with E-state index >= 15 is 0 Å². The zero-order chi connectivity index (χ0) is 11.4. The van der Waals surface area contributed by atoms with E-state index in [1.165, 1.54) is 12.8 Å². The number of aliphatic hydroxyl groups excluding tert-OH is 1. The lowest BCUT2D eigenvalue weighted by Crippen LogP contribution is -2.09. The molecule has 1 N–H and O–H groups in total. The number of aliphatic hydroxyl groups is 1. The van der Waals surface area contributed by atoms with E-state index < -0.39 is 6.10 Å². The maximum Gasteiger partial charge on any atom is 0.103 e. The summed E-state index contributed by atoms with van der Waals surface area (Å²) in [5.74, 6) is 0.899. The monoisotopic (exact) mass is 220 g/mol. The number of benzene rings is 1. The van der Waals surface area contributed by atoms with Crippen molar-refractivity contribution in [3.63, 3.8) is 0 Å². The standard InChI is InChI=1S/C14H20O2/c1-11-4-2-3-5-13(11)14(15)10-16-9-8-12-6-7-12/h2-5,12,14-15H,6-10H2,1H3. The number of aryl methyl sites for hydroxylation is 1. The number of hydrogen-bond donors (Lipinski definition) is 1. The topological polar surface area (TPSA) is 29.5 Å². The van der Waals surface area contributed by atoms with Gasteiger partial charge in [0.2, 0.25) is 0 Å². The molecular formula is C14H20O2. The first-order chi connectivity index (χ1) is 7.77. The van der Waals surface area contributed by atoms with Gasteiger partial charge in [-0.25, -0.2) is 0 Å². The van der Waals surface area contributed by atoms with Crippen molar-refractivity contribution in [2.75, 3.05) is 13.2 Å². The van der Waals surface area contributed by atoms with Gasteiger partial charge in [0.1, 0.15) is 6.10 Å². The molecule has 2 heteroatoms.